The van der Waals surface area contributed by atoms with Gasteiger partial charge in [0.05, 0.1) is 0 Å². The fourth-order valence-corrected chi connectivity index (χ4v) is 3.57. The lowest BCUT2D eigenvalue weighted by atomic mass is 9.86. The highest BCUT2D eigenvalue weighted by Crippen LogP contribution is 2.29. The quantitative estimate of drug-likeness (QED) is 0.844. The number of nitrogens with zero attached hydrogens (tertiary/aromatic N) is 2. The van der Waals surface area contributed by atoms with Gasteiger partial charge in [0.2, 0.25) is 0 Å². The standard InChI is InChI=1S/C23H29N3O2/c1-23(2,3)18-10-6-7-11-19(18)25-21(27)17-12-13-24-20(16-17)22(28)26-14-8-4-5-9-15-26/h6-7,10-13,16H,4-5,8-9,14-15H2,1-3H3,(H,25,27). The fraction of sp³-hybridized carbons (Fsp3) is 0.435. The monoisotopic (exact) mass is 379 g/mol. The Morgan fingerprint density at radius 2 is 1.68 bits per heavy atom. The van der Waals surface area contributed by atoms with Crippen molar-refractivity contribution in [1.82, 2.24) is 9.88 Å². The number of anilines is 1. The number of aromatic nitrogens is 1. The van der Waals surface area contributed by atoms with Gasteiger partial charge < -0.3 is 10.2 Å². The molecule has 28 heavy (non-hydrogen) atoms. The Balaban J connectivity index is 1.79. The molecule has 1 aliphatic heterocycles. The molecule has 2 amide bonds. The maximum Gasteiger partial charge on any atom is 0.272 e. The molecule has 0 unspecified atom stereocenters. The van der Waals surface area contributed by atoms with E-state index in [9.17, 15) is 9.59 Å². The highest BCUT2D eigenvalue weighted by molar-refractivity contribution is 6.06. The summed E-state index contributed by atoms with van der Waals surface area (Å²) in [5.74, 6) is -0.323. The molecule has 0 atom stereocenters. The van der Waals surface area contributed by atoms with Crippen molar-refractivity contribution in [3.8, 4) is 0 Å². The maximum atomic E-state index is 12.8. The van der Waals surface area contributed by atoms with Gasteiger partial charge in [-0.15, -0.1) is 0 Å². The average Bonchev–Trinajstić information content (AvgIpc) is 2.96. The van der Waals surface area contributed by atoms with Crippen LogP contribution in [0.3, 0.4) is 0 Å². The lowest BCUT2D eigenvalue weighted by molar-refractivity contribution is 0.0755. The van der Waals surface area contributed by atoms with Crippen LogP contribution in [0.4, 0.5) is 5.69 Å². The number of nitrogens with one attached hydrogen (secondary N) is 1. The number of hydrogen-bond acceptors (Lipinski definition) is 3. The molecule has 0 radical (unpaired) electrons. The van der Waals surface area contributed by atoms with Crippen molar-refractivity contribution < 1.29 is 9.59 Å². The van der Waals surface area contributed by atoms with Crippen LogP contribution in [-0.2, 0) is 5.41 Å². The highest BCUT2D eigenvalue weighted by Gasteiger charge is 2.21. The Morgan fingerprint density at radius 1 is 1.00 bits per heavy atom. The molecule has 0 saturated carbocycles. The molecule has 0 aliphatic carbocycles. The van der Waals surface area contributed by atoms with Crippen molar-refractivity contribution in [2.45, 2.75) is 51.9 Å². The molecule has 2 heterocycles. The number of pyridine rings is 1. The molecule has 3 rings (SSSR count). The van der Waals surface area contributed by atoms with Gasteiger partial charge in [-0.2, -0.15) is 0 Å². The van der Waals surface area contributed by atoms with Gasteiger partial charge in [0, 0.05) is 30.5 Å². The number of rotatable bonds is 3. The summed E-state index contributed by atoms with van der Waals surface area (Å²) in [7, 11) is 0. The smallest absolute Gasteiger partial charge is 0.272 e. The van der Waals surface area contributed by atoms with Crippen molar-refractivity contribution in [2.75, 3.05) is 18.4 Å². The number of likely N-dealkylation sites (tertiary alicyclic amines) is 1. The lowest BCUT2D eigenvalue weighted by Gasteiger charge is -2.23. The Morgan fingerprint density at radius 3 is 2.36 bits per heavy atom. The molecule has 0 spiro atoms. The van der Waals surface area contributed by atoms with Gasteiger partial charge in [-0.1, -0.05) is 51.8 Å². The van der Waals surface area contributed by atoms with Crippen molar-refractivity contribution in [3.63, 3.8) is 0 Å². The minimum atomic E-state index is -0.232. The van der Waals surface area contributed by atoms with Gasteiger partial charge in [-0.3, -0.25) is 14.6 Å². The number of benzene rings is 1. The predicted octanol–water partition coefficient (Wildman–Crippen LogP) is 4.65. The summed E-state index contributed by atoms with van der Waals surface area (Å²) < 4.78 is 0. The summed E-state index contributed by atoms with van der Waals surface area (Å²) in [5.41, 5.74) is 2.54. The van der Waals surface area contributed by atoms with Crippen LogP contribution in [0.5, 0.6) is 0 Å². The number of carbonyl (C=O) groups is 2. The molecule has 1 N–H and O–H groups in total. The van der Waals surface area contributed by atoms with E-state index >= 15 is 0 Å². The van der Waals surface area contributed by atoms with E-state index in [1.54, 1.807) is 12.1 Å². The average molecular weight is 380 g/mol. The molecular weight excluding hydrogens is 350 g/mol. The number of para-hydroxylation sites is 1. The van der Waals surface area contributed by atoms with Gasteiger partial charge in [0.25, 0.3) is 11.8 Å². The SMILES string of the molecule is CC(C)(C)c1ccccc1NC(=O)c1ccnc(C(=O)N2CCCCCC2)c1. The van der Waals surface area contributed by atoms with Crippen LogP contribution >= 0.6 is 0 Å². The largest absolute Gasteiger partial charge is 0.337 e. The molecule has 148 valence electrons. The van der Waals surface area contributed by atoms with Crippen LogP contribution in [0, 0.1) is 0 Å². The third-order valence-corrected chi connectivity index (χ3v) is 5.12. The molecule has 5 heteroatoms. The summed E-state index contributed by atoms with van der Waals surface area (Å²) in [4.78, 5) is 31.7. The number of carbonyl (C=O) groups excluding carboxylic acids is 2. The molecule has 5 nitrogen and oxygen atoms in total. The molecule has 2 aromatic rings. The fourth-order valence-electron chi connectivity index (χ4n) is 3.57. The van der Waals surface area contributed by atoms with Crippen LogP contribution < -0.4 is 5.32 Å². The second-order valence-electron chi connectivity index (χ2n) is 8.39. The molecular formula is C23H29N3O2. The third-order valence-electron chi connectivity index (χ3n) is 5.12. The zero-order chi connectivity index (χ0) is 20.1. The minimum absolute atomic E-state index is 0.0873. The van der Waals surface area contributed by atoms with Crippen molar-refractivity contribution >= 4 is 17.5 Å². The van der Waals surface area contributed by atoms with E-state index in [-0.39, 0.29) is 17.2 Å². The summed E-state index contributed by atoms with van der Waals surface area (Å²) in [6.45, 7) is 7.86. The van der Waals surface area contributed by atoms with E-state index in [2.05, 4.69) is 31.1 Å². The van der Waals surface area contributed by atoms with E-state index in [1.165, 1.54) is 6.20 Å². The predicted molar refractivity (Wildman–Crippen MR) is 112 cm³/mol. The Kier molecular flexibility index (Phi) is 6.12. The van der Waals surface area contributed by atoms with Gasteiger partial charge in [-0.25, -0.2) is 0 Å². The van der Waals surface area contributed by atoms with E-state index in [0.29, 0.717) is 11.3 Å². The highest BCUT2D eigenvalue weighted by atomic mass is 16.2. The van der Waals surface area contributed by atoms with Gasteiger partial charge in [0.1, 0.15) is 5.69 Å². The minimum Gasteiger partial charge on any atom is -0.337 e. The van der Waals surface area contributed by atoms with Gasteiger partial charge in [-0.05, 0) is 42.0 Å². The zero-order valence-electron chi connectivity index (χ0n) is 17.0. The first-order chi connectivity index (χ1) is 13.4. The number of amides is 2. The Bertz CT molecular complexity index is 847. The molecule has 1 saturated heterocycles. The van der Waals surface area contributed by atoms with E-state index in [0.717, 1.165) is 50.0 Å². The topological polar surface area (TPSA) is 62.3 Å². The molecule has 1 fully saturated rings. The van der Waals surface area contributed by atoms with Crippen LogP contribution in [0.15, 0.2) is 42.6 Å². The third kappa shape index (κ3) is 4.77. The molecule has 1 aromatic carbocycles. The van der Waals surface area contributed by atoms with Gasteiger partial charge >= 0.3 is 0 Å². The second kappa shape index (κ2) is 8.55. The van der Waals surface area contributed by atoms with Crippen molar-refractivity contribution in [2.24, 2.45) is 0 Å². The van der Waals surface area contributed by atoms with Crippen LogP contribution in [0.2, 0.25) is 0 Å². The van der Waals surface area contributed by atoms with E-state index in [1.807, 2.05) is 29.2 Å². The summed E-state index contributed by atoms with van der Waals surface area (Å²) in [6.07, 6.45) is 5.90. The van der Waals surface area contributed by atoms with Crippen LogP contribution in [0.1, 0.15) is 72.9 Å². The number of hydrogen-bond donors (Lipinski definition) is 1. The zero-order valence-corrected chi connectivity index (χ0v) is 17.0. The molecule has 1 aliphatic rings. The Hall–Kier alpha value is -2.69. The Labute approximate surface area is 167 Å². The van der Waals surface area contributed by atoms with E-state index < -0.39 is 0 Å². The first kappa shape index (κ1) is 20.1. The molecule has 0 bridgehead atoms. The van der Waals surface area contributed by atoms with Crippen molar-refractivity contribution in [1.29, 1.82) is 0 Å². The summed E-state index contributed by atoms with van der Waals surface area (Å²) >= 11 is 0. The van der Waals surface area contributed by atoms with Crippen LogP contribution in [0.25, 0.3) is 0 Å². The van der Waals surface area contributed by atoms with Crippen LogP contribution in [-0.4, -0.2) is 34.8 Å². The maximum absolute atomic E-state index is 12.8. The second-order valence-corrected chi connectivity index (χ2v) is 8.39. The first-order valence-corrected chi connectivity index (χ1v) is 10.0. The summed E-state index contributed by atoms with van der Waals surface area (Å²) in [6, 6.07) is 11.1. The lowest BCUT2D eigenvalue weighted by Crippen LogP contribution is -2.32. The first-order valence-electron chi connectivity index (χ1n) is 10.0. The van der Waals surface area contributed by atoms with Crippen molar-refractivity contribution in [3.05, 3.63) is 59.4 Å². The van der Waals surface area contributed by atoms with E-state index in [4.69, 9.17) is 0 Å². The molecule has 1 aromatic heterocycles. The normalized spacial score (nSPS) is 15.0. The summed E-state index contributed by atoms with van der Waals surface area (Å²) in [5, 5.41) is 3.00. The van der Waals surface area contributed by atoms with Gasteiger partial charge in [0.15, 0.2) is 0 Å².